The van der Waals surface area contributed by atoms with E-state index in [1.165, 1.54) is 14.2 Å². The largest absolute Gasteiger partial charge is 0.369 e. The van der Waals surface area contributed by atoms with E-state index in [0.717, 1.165) is 32.2 Å². The van der Waals surface area contributed by atoms with Crippen LogP contribution < -0.4 is 11.1 Å². The Bertz CT molecular complexity index is 405. The number of thiophene rings is 1. The van der Waals surface area contributed by atoms with Crippen LogP contribution in [0.4, 0.5) is 0 Å². The van der Waals surface area contributed by atoms with Gasteiger partial charge in [0.15, 0.2) is 0 Å². The zero-order valence-corrected chi connectivity index (χ0v) is 12.9. The first-order valence-corrected chi connectivity index (χ1v) is 7.94. The van der Waals surface area contributed by atoms with E-state index in [-0.39, 0.29) is 11.8 Å². The lowest BCUT2D eigenvalue weighted by Crippen LogP contribution is -2.36. The number of aryl methyl sites for hydroxylation is 1. The van der Waals surface area contributed by atoms with Gasteiger partial charge in [0, 0.05) is 32.7 Å². The summed E-state index contributed by atoms with van der Waals surface area (Å²) < 4.78 is 1.20. The predicted molar refractivity (Wildman–Crippen MR) is 78.5 cm³/mol. The molecule has 1 amide bonds. The van der Waals surface area contributed by atoms with Gasteiger partial charge in [-0.05, 0) is 54.6 Å². The van der Waals surface area contributed by atoms with E-state index in [1.807, 2.05) is 11.3 Å². The van der Waals surface area contributed by atoms with Crippen LogP contribution in [0.25, 0.3) is 0 Å². The highest BCUT2D eigenvalue weighted by Gasteiger charge is 2.24. The molecule has 0 bridgehead atoms. The molecular formula is C13H19BrN2OS. The van der Waals surface area contributed by atoms with Crippen molar-refractivity contribution in [3.8, 4) is 0 Å². The molecule has 0 radical (unpaired) electrons. The zero-order valence-electron chi connectivity index (χ0n) is 10.5. The monoisotopic (exact) mass is 330 g/mol. The molecular weight excluding hydrogens is 312 g/mol. The number of hydrogen-bond donors (Lipinski definition) is 2. The van der Waals surface area contributed by atoms with Crippen molar-refractivity contribution in [2.24, 2.45) is 11.7 Å². The molecule has 1 aliphatic rings. The lowest BCUT2D eigenvalue weighted by atomic mass is 9.85. The third-order valence-corrected chi connectivity index (χ3v) is 5.74. The number of primary amides is 1. The van der Waals surface area contributed by atoms with Crippen LogP contribution in [-0.4, -0.2) is 11.9 Å². The SMILES string of the molecule is Cc1sc(CNC2CCC(C(N)=O)CC2)cc1Br. The normalized spacial score (nSPS) is 24.1. The minimum atomic E-state index is -0.133. The van der Waals surface area contributed by atoms with Crippen molar-refractivity contribution >= 4 is 33.2 Å². The first-order chi connectivity index (χ1) is 8.56. The molecule has 0 atom stereocenters. The lowest BCUT2D eigenvalue weighted by molar-refractivity contribution is -0.122. The number of nitrogens with one attached hydrogen (secondary N) is 1. The minimum absolute atomic E-state index is 0.0983. The predicted octanol–water partition coefficient (Wildman–Crippen LogP) is 2.95. The molecule has 2 rings (SSSR count). The van der Waals surface area contributed by atoms with Gasteiger partial charge in [0.25, 0.3) is 0 Å². The average molecular weight is 331 g/mol. The summed E-state index contributed by atoms with van der Waals surface area (Å²) in [5, 5.41) is 3.58. The molecule has 3 nitrogen and oxygen atoms in total. The van der Waals surface area contributed by atoms with Crippen LogP contribution in [0.1, 0.15) is 35.4 Å². The van der Waals surface area contributed by atoms with Gasteiger partial charge in [-0.1, -0.05) is 0 Å². The van der Waals surface area contributed by atoms with Gasteiger partial charge >= 0.3 is 0 Å². The van der Waals surface area contributed by atoms with Crippen molar-refractivity contribution in [1.82, 2.24) is 5.32 Å². The van der Waals surface area contributed by atoms with E-state index < -0.39 is 0 Å². The van der Waals surface area contributed by atoms with Crippen molar-refractivity contribution in [3.63, 3.8) is 0 Å². The maximum Gasteiger partial charge on any atom is 0.220 e. The van der Waals surface area contributed by atoms with E-state index in [1.54, 1.807) is 0 Å². The zero-order chi connectivity index (χ0) is 13.1. The summed E-state index contributed by atoms with van der Waals surface area (Å²) in [6, 6.07) is 2.71. The summed E-state index contributed by atoms with van der Waals surface area (Å²) >= 11 is 5.36. The fraction of sp³-hybridized carbons (Fsp3) is 0.615. The Morgan fingerprint density at radius 3 is 2.67 bits per heavy atom. The van der Waals surface area contributed by atoms with Crippen LogP contribution in [0, 0.1) is 12.8 Å². The summed E-state index contributed by atoms with van der Waals surface area (Å²) in [4.78, 5) is 13.8. The van der Waals surface area contributed by atoms with E-state index >= 15 is 0 Å². The maximum atomic E-state index is 11.1. The van der Waals surface area contributed by atoms with Crippen LogP contribution >= 0.6 is 27.3 Å². The maximum absolute atomic E-state index is 11.1. The van der Waals surface area contributed by atoms with E-state index in [0.29, 0.717) is 6.04 Å². The highest BCUT2D eigenvalue weighted by molar-refractivity contribution is 9.10. The molecule has 3 N–H and O–H groups in total. The van der Waals surface area contributed by atoms with Crippen molar-refractivity contribution < 1.29 is 4.79 Å². The van der Waals surface area contributed by atoms with Gasteiger partial charge in [0.2, 0.25) is 5.91 Å². The van der Waals surface area contributed by atoms with Crippen LogP contribution in [0.15, 0.2) is 10.5 Å². The van der Waals surface area contributed by atoms with Gasteiger partial charge in [-0.25, -0.2) is 0 Å². The van der Waals surface area contributed by atoms with Gasteiger partial charge < -0.3 is 11.1 Å². The second-order valence-electron chi connectivity index (χ2n) is 4.95. The molecule has 1 heterocycles. The minimum Gasteiger partial charge on any atom is -0.369 e. The molecule has 5 heteroatoms. The fourth-order valence-corrected chi connectivity index (χ4v) is 3.98. The van der Waals surface area contributed by atoms with E-state index in [4.69, 9.17) is 5.73 Å². The first-order valence-electron chi connectivity index (χ1n) is 6.33. The number of carbonyl (C=O) groups is 1. The highest BCUT2D eigenvalue weighted by Crippen LogP contribution is 2.27. The summed E-state index contributed by atoms with van der Waals surface area (Å²) in [6.45, 7) is 3.04. The summed E-state index contributed by atoms with van der Waals surface area (Å²) in [6.07, 6.45) is 3.97. The van der Waals surface area contributed by atoms with E-state index in [9.17, 15) is 4.79 Å². The average Bonchev–Trinajstić information content (AvgIpc) is 2.67. The van der Waals surface area contributed by atoms with Gasteiger partial charge in [0.1, 0.15) is 0 Å². The Morgan fingerprint density at radius 1 is 1.50 bits per heavy atom. The fourth-order valence-electron chi connectivity index (χ4n) is 2.43. The molecule has 1 fully saturated rings. The standard InChI is InChI=1S/C13H19BrN2OS/c1-8-12(14)6-11(18-8)7-16-10-4-2-9(3-5-10)13(15)17/h6,9-10,16H,2-5,7H2,1H3,(H2,15,17). The van der Waals surface area contributed by atoms with Gasteiger partial charge in [-0.2, -0.15) is 0 Å². The molecule has 1 aliphatic carbocycles. The molecule has 0 aliphatic heterocycles. The van der Waals surface area contributed by atoms with Crippen molar-refractivity contribution in [1.29, 1.82) is 0 Å². The smallest absolute Gasteiger partial charge is 0.220 e. The quantitative estimate of drug-likeness (QED) is 0.891. The molecule has 0 aromatic carbocycles. The number of amides is 1. The van der Waals surface area contributed by atoms with Crippen molar-refractivity contribution in [2.75, 3.05) is 0 Å². The summed E-state index contributed by atoms with van der Waals surface area (Å²) in [5.41, 5.74) is 5.33. The number of halogens is 1. The Kier molecular flexibility index (Phi) is 4.81. The Morgan fingerprint density at radius 2 is 2.17 bits per heavy atom. The van der Waals surface area contributed by atoms with Crippen LogP contribution in [-0.2, 0) is 11.3 Å². The van der Waals surface area contributed by atoms with Crippen LogP contribution in [0.2, 0.25) is 0 Å². The second-order valence-corrected chi connectivity index (χ2v) is 7.14. The highest BCUT2D eigenvalue weighted by atomic mass is 79.9. The molecule has 18 heavy (non-hydrogen) atoms. The van der Waals surface area contributed by atoms with Crippen LogP contribution in [0.3, 0.4) is 0 Å². The van der Waals surface area contributed by atoms with E-state index in [2.05, 4.69) is 34.2 Å². The lowest BCUT2D eigenvalue weighted by Gasteiger charge is -2.27. The Hall–Kier alpha value is -0.390. The molecule has 1 saturated carbocycles. The molecule has 1 aromatic heterocycles. The molecule has 0 unspecified atom stereocenters. The Labute approximate surface area is 120 Å². The van der Waals surface area contributed by atoms with Crippen molar-refractivity contribution in [2.45, 2.75) is 45.2 Å². The Balaban J connectivity index is 1.77. The van der Waals surface area contributed by atoms with Gasteiger partial charge in [-0.15, -0.1) is 11.3 Å². The molecule has 100 valence electrons. The summed E-state index contributed by atoms with van der Waals surface area (Å²) in [5.74, 6) is -0.0348. The topological polar surface area (TPSA) is 55.1 Å². The third-order valence-electron chi connectivity index (χ3n) is 3.60. The number of nitrogens with two attached hydrogens (primary N) is 1. The van der Waals surface area contributed by atoms with Gasteiger partial charge in [0.05, 0.1) is 0 Å². The summed E-state index contributed by atoms with van der Waals surface area (Å²) in [7, 11) is 0. The second kappa shape index (κ2) is 6.17. The molecule has 0 spiro atoms. The number of carbonyl (C=O) groups excluding carboxylic acids is 1. The van der Waals surface area contributed by atoms with Gasteiger partial charge in [-0.3, -0.25) is 4.79 Å². The third kappa shape index (κ3) is 3.56. The first kappa shape index (κ1) is 14.0. The van der Waals surface area contributed by atoms with Crippen molar-refractivity contribution in [3.05, 3.63) is 20.3 Å². The molecule has 0 saturated heterocycles. The number of hydrogen-bond acceptors (Lipinski definition) is 3. The molecule has 1 aromatic rings. The van der Waals surface area contributed by atoms with Crippen LogP contribution in [0.5, 0.6) is 0 Å². The number of rotatable bonds is 4.